The van der Waals surface area contributed by atoms with Crippen LogP contribution >= 0.6 is 0 Å². The van der Waals surface area contributed by atoms with Crippen molar-refractivity contribution in [1.29, 1.82) is 0 Å². The summed E-state index contributed by atoms with van der Waals surface area (Å²) in [4.78, 5) is 12.5. The van der Waals surface area contributed by atoms with E-state index in [1.165, 1.54) is 10.6 Å². The number of para-hydroxylation sites is 1. The normalized spacial score (nSPS) is 11.5. The van der Waals surface area contributed by atoms with Gasteiger partial charge in [-0.1, -0.05) is 72.8 Å². The van der Waals surface area contributed by atoms with Crippen molar-refractivity contribution in [2.24, 2.45) is 5.10 Å². The number of nitrogens with one attached hydrogen (secondary N) is 1. The molecule has 1 N–H and O–H groups in total. The molecule has 6 nitrogen and oxygen atoms in total. The van der Waals surface area contributed by atoms with Crippen LogP contribution in [0.15, 0.2) is 102 Å². The van der Waals surface area contributed by atoms with Crippen molar-refractivity contribution < 1.29 is 13.2 Å². The van der Waals surface area contributed by atoms with Crippen LogP contribution in [-0.2, 0) is 16.6 Å². The molecule has 0 aromatic heterocycles. The number of fused-ring (bicyclic) bond motifs is 1. The van der Waals surface area contributed by atoms with Gasteiger partial charge in [0.2, 0.25) is 10.0 Å². The first-order valence-corrected chi connectivity index (χ1v) is 12.2. The summed E-state index contributed by atoms with van der Waals surface area (Å²) in [6, 6.07) is 29.6. The molecule has 0 atom stereocenters. The number of anilines is 1. The summed E-state index contributed by atoms with van der Waals surface area (Å²) in [5, 5.41) is 6.25. The topological polar surface area (TPSA) is 78.8 Å². The van der Waals surface area contributed by atoms with Crippen LogP contribution in [0.5, 0.6) is 0 Å². The smallest absolute Gasteiger partial charge is 0.267 e. The van der Waals surface area contributed by atoms with E-state index in [9.17, 15) is 13.2 Å². The fraction of sp³-hybridized carbons (Fsp3) is 0.0769. The van der Waals surface area contributed by atoms with Gasteiger partial charge in [0.15, 0.2) is 0 Å². The van der Waals surface area contributed by atoms with Crippen molar-refractivity contribution in [1.82, 2.24) is 5.43 Å². The molecule has 1 amide bonds. The van der Waals surface area contributed by atoms with E-state index in [1.807, 2.05) is 48.5 Å². The van der Waals surface area contributed by atoms with E-state index in [4.69, 9.17) is 0 Å². The SMILES string of the molecule is CS(=O)(=O)N(Cc1ccc(C(=O)N/N=C/c2cccc3ccccc23)cc1)c1ccccc1. The number of carbonyl (C=O) groups excluding carboxylic acids is 1. The van der Waals surface area contributed by atoms with Gasteiger partial charge in [-0.15, -0.1) is 0 Å². The van der Waals surface area contributed by atoms with Gasteiger partial charge in [0.1, 0.15) is 0 Å². The maximum absolute atomic E-state index is 12.5. The van der Waals surface area contributed by atoms with Gasteiger partial charge in [0.25, 0.3) is 5.91 Å². The minimum atomic E-state index is -3.46. The third-order valence-electron chi connectivity index (χ3n) is 5.18. The molecule has 33 heavy (non-hydrogen) atoms. The van der Waals surface area contributed by atoms with Crippen LogP contribution in [0.3, 0.4) is 0 Å². The molecule has 166 valence electrons. The van der Waals surface area contributed by atoms with Crippen LogP contribution in [0.1, 0.15) is 21.5 Å². The Kier molecular flexibility index (Phi) is 6.51. The second-order valence-electron chi connectivity index (χ2n) is 7.57. The van der Waals surface area contributed by atoms with Crippen molar-refractivity contribution in [3.63, 3.8) is 0 Å². The predicted molar refractivity (Wildman–Crippen MR) is 133 cm³/mol. The molecule has 0 saturated heterocycles. The largest absolute Gasteiger partial charge is 0.271 e. The Morgan fingerprint density at radius 3 is 2.27 bits per heavy atom. The minimum absolute atomic E-state index is 0.171. The average molecular weight is 458 g/mol. The van der Waals surface area contributed by atoms with Gasteiger partial charge in [-0.25, -0.2) is 13.8 Å². The summed E-state index contributed by atoms with van der Waals surface area (Å²) in [6.45, 7) is 0.171. The van der Waals surface area contributed by atoms with Gasteiger partial charge in [0.05, 0.1) is 24.7 Å². The van der Waals surface area contributed by atoms with E-state index in [0.29, 0.717) is 11.3 Å². The van der Waals surface area contributed by atoms with Crippen molar-refractivity contribution in [3.8, 4) is 0 Å². The lowest BCUT2D eigenvalue weighted by molar-refractivity contribution is 0.0955. The summed E-state index contributed by atoms with van der Waals surface area (Å²) in [5.41, 5.74) is 5.24. The highest BCUT2D eigenvalue weighted by molar-refractivity contribution is 7.92. The van der Waals surface area contributed by atoms with E-state index in [-0.39, 0.29) is 12.5 Å². The Morgan fingerprint density at radius 2 is 1.55 bits per heavy atom. The molecule has 4 rings (SSSR count). The first kappa shape index (κ1) is 22.2. The summed E-state index contributed by atoms with van der Waals surface area (Å²) in [6.07, 6.45) is 2.80. The van der Waals surface area contributed by atoms with Crippen molar-refractivity contribution >= 4 is 38.6 Å². The number of rotatable bonds is 7. The Morgan fingerprint density at radius 1 is 0.879 bits per heavy atom. The fourth-order valence-electron chi connectivity index (χ4n) is 3.51. The predicted octanol–water partition coefficient (Wildman–Crippen LogP) is 4.57. The zero-order valence-corrected chi connectivity index (χ0v) is 18.9. The highest BCUT2D eigenvalue weighted by Crippen LogP contribution is 2.20. The highest BCUT2D eigenvalue weighted by Gasteiger charge is 2.17. The van der Waals surface area contributed by atoms with E-state index in [2.05, 4.69) is 10.5 Å². The molecule has 0 aliphatic carbocycles. The second kappa shape index (κ2) is 9.67. The number of hydrogen-bond acceptors (Lipinski definition) is 4. The summed E-state index contributed by atoms with van der Waals surface area (Å²) in [5.74, 6) is -0.346. The Labute approximate surface area is 193 Å². The van der Waals surface area contributed by atoms with Crippen LogP contribution in [-0.4, -0.2) is 26.8 Å². The van der Waals surface area contributed by atoms with Crippen molar-refractivity contribution in [2.75, 3.05) is 10.6 Å². The fourth-order valence-corrected chi connectivity index (χ4v) is 4.40. The minimum Gasteiger partial charge on any atom is -0.267 e. The molecule has 0 fully saturated rings. The first-order valence-electron chi connectivity index (χ1n) is 10.3. The van der Waals surface area contributed by atoms with Crippen LogP contribution in [0.4, 0.5) is 5.69 Å². The third-order valence-corrected chi connectivity index (χ3v) is 6.32. The van der Waals surface area contributed by atoms with Gasteiger partial charge in [-0.05, 0) is 40.6 Å². The van der Waals surface area contributed by atoms with E-state index < -0.39 is 10.0 Å². The molecule has 7 heteroatoms. The molecule has 0 aliphatic rings. The molecule has 0 saturated carbocycles. The van der Waals surface area contributed by atoms with Crippen LogP contribution in [0.25, 0.3) is 10.8 Å². The number of amides is 1. The monoisotopic (exact) mass is 457 g/mol. The van der Waals surface area contributed by atoms with E-state index in [0.717, 1.165) is 21.9 Å². The molecule has 0 aliphatic heterocycles. The molecule has 4 aromatic carbocycles. The number of carbonyl (C=O) groups is 1. The Bertz CT molecular complexity index is 1390. The Hall–Kier alpha value is -3.97. The summed E-state index contributed by atoms with van der Waals surface area (Å²) in [7, 11) is -3.46. The standard InChI is InChI=1S/C26H23N3O3S/c1-33(31,32)29(24-11-3-2-4-12-24)19-20-14-16-22(17-15-20)26(30)28-27-18-23-10-7-9-21-8-5-6-13-25(21)23/h2-18H,19H2,1H3,(H,28,30)/b27-18+. The zero-order chi connectivity index (χ0) is 23.3. The number of sulfonamides is 1. The molecule has 0 unspecified atom stereocenters. The number of nitrogens with zero attached hydrogens (tertiary/aromatic N) is 2. The maximum atomic E-state index is 12.5. The van der Waals surface area contributed by atoms with Gasteiger partial charge in [0, 0.05) is 11.1 Å². The third kappa shape index (κ3) is 5.45. The summed E-state index contributed by atoms with van der Waals surface area (Å²) >= 11 is 0. The molecule has 4 aromatic rings. The maximum Gasteiger partial charge on any atom is 0.271 e. The number of hydrazone groups is 1. The van der Waals surface area contributed by atoms with Crippen LogP contribution in [0, 0.1) is 0 Å². The Balaban J connectivity index is 1.44. The quantitative estimate of drug-likeness (QED) is 0.326. The van der Waals surface area contributed by atoms with Crippen LogP contribution in [0.2, 0.25) is 0 Å². The molecule has 0 bridgehead atoms. The van der Waals surface area contributed by atoms with E-state index >= 15 is 0 Å². The van der Waals surface area contributed by atoms with Gasteiger partial charge in [-0.2, -0.15) is 5.10 Å². The second-order valence-corrected chi connectivity index (χ2v) is 9.48. The van der Waals surface area contributed by atoms with Gasteiger partial charge >= 0.3 is 0 Å². The first-order chi connectivity index (χ1) is 15.9. The van der Waals surface area contributed by atoms with Gasteiger partial charge < -0.3 is 0 Å². The molecule has 0 radical (unpaired) electrons. The van der Waals surface area contributed by atoms with Crippen molar-refractivity contribution in [2.45, 2.75) is 6.54 Å². The zero-order valence-electron chi connectivity index (χ0n) is 18.0. The lowest BCUT2D eigenvalue weighted by Gasteiger charge is -2.22. The molecule has 0 heterocycles. The molecule has 0 spiro atoms. The number of benzene rings is 4. The lowest BCUT2D eigenvalue weighted by Crippen LogP contribution is -2.29. The highest BCUT2D eigenvalue weighted by atomic mass is 32.2. The van der Waals surface area contributed by atoms with Gasteiger partial charge in [-0.3, -0.25) is 9.10 Å². The summed E-state index contributed by atoms with van der Waals surface area (Å²) < 4.78 is 25.9. The number of hydrogen-bond donors (Lipinski definition) is 1. The molecular formula is C26H23N3O3S. The molecular weight excluding hydrogens is 434 g/mol. The lowest BCUT2D eigenvalue weighted by atomic mass is 10.1. The average Bonchev–Trinajstić information content (AvgIpc) is 2.83. The van der Waals surface area contributed by atoms with Crippen molar-refractivity contribution in [3.05, 3.63) is 114 Å². The van der Waals surface area contributed by atoms with E-state index in [1.54, 1.807) is 54.7 Å². The van der Waals surface area contributed by atoms with Crippen LogP contribution < -0.4 is 9.73 Å².